The Labute approximate surface area is 156 Å². The van der Waals surface area contributed by atoms with Crippen molar-refractivity contribution in [2.45, 2.75) is 31.7 Å². The molecule has 0 atom stereocenters. The van der Waals surface area contributed by atoms with E-state index in [1.807, 2.05) is 19.1 Å². The van der Waals surface area contributed by atoms with Crippen LogP contribution in [0.5, 0.6) is 0 Å². The molecule has 3 N–H and O–H groups in total. The zero-order valence-electron chi connectivity index (χ0n) is 14.2. The molecule has 136 valence electrons. The SMILES string of the molecule is Cc1ccc(-c2nc(C3(N)CCC3)no2)cc1NC(=O)c1ccco1.Cl. The van der Waals surface area contributed by atoms with E-state index >= 15 is 0 Å². The maximum Gasteiger partial charge on any atom is 0.291 e. The third-order valence-corrected chi connectivity index (χ3v) is 4.59. The number of aromatic nitrogens is 2. The molecule has 0 radical (unpaired) electrons. The van der Waals surface area contributed by atoms with Crippen molar-refractivity contribution >= 4 is 24.0 Å². The van der Waals surface area contributed by atoms with E-state index in [1.54, 1.807) is 18.2 Å². The predicted octanol–water partition coefficient (Wildman–Crippen LogP) is 3.65. The summed E-state index contributed by atoms with van der Waals surface area (Å²) in [4.78, 5) is 16.6. The Bertz CT molecular complexity index is 916. The van der Waals surface area contributed by atoms with Gasteiger partial charge in [-0.2, -0.15) is 4.98 Å². The second kappa shape index (κ2) is 6.93. The molecule has 1 amide bonds. The Hall–Kier alpha value is -2.64. The van der Waals surface area contributed by atoms with E-state index in [0.717, 1.165) is 30.4 Å². The molecule has 7 nitrogen and oxygen atoms in total. The minimum Gasteiger partial charge on any atom is -0.459 e. The van der Waals surface area contributed by atoms with Gasteiger partial charge in [0.25, 0.3) is 11.8 Å². The molecule has 8 heteroatoms. The van der Waals surface area contributed by atoms with Gasteiger partial charge in [-0.05, 0) is 56.0 Å². The van der Waals surface area contributed by atoms with Crippen LogP contribution in [-0.2, 0) is 5.54 Å². The van der Waals surface area contributed by atoms with Gasteiger partial charge in [0.2, 0.25) is 0 Å². The molecule has 0 saturated heterocycles. The molecule has 0 bridgehead atoms. The molecule has 0 aliphatic heterocycles. The van der Waals surface area contributed by atoms with Crippen LogP contribution in [0.4, 0.5) is 5.69 Å². The third kappa shape index (κ3) is 3.23. The smallest absolute Gasteiger partial charge is 0.291 e. The van der Waals surface area contributed by atoms with Crippen molar-refractivity contribution in [3.8, 4) is 11.5 Å². The summed E-state index contributed by atoms with van der Waals surface area (Å²) >= 11 is 0. The Balaban J connectivity index is 0.00000196. The number of nitrogens with zero attached hydrogens (tertiary/aromatic N) is 2. The summed E-state index contributed by atoms with van der Waals surface area (Å²) in [5.74, 6) is 0.863. The fourth-order valence-corrected chi connectivity index (χ4v) is 2.81. The number of nitrogens with one attached hydrogen (secondary N) is 1. The second-order valence-corrected chi connectivity index (χ2v) is 6.39. The van der Waals surface area contributed by atoms with E-state index in [4.69, 9.17) is 14.7 Å². The van der Waals surface area contributed by atoms with Gasteiger partial charge in [0, 0.05) is 11.3 Å². The van der Waals surface area contributed by atoms with Gasteiger partial charge < -0.3 is 20.0 Å². The molecule has 1 aliphatic carbocycles. The molecule has 3 aromatic rings. The summed E-state index contributed by atoms with van der Waals surface area (Å²) in [5.41, 5.74) is 8.06. The van der Waals surface area contributed by atoms with Crippen molar-refractivity contribution < 1.29 is 13.7 Å². The number of anilines is 1. The molecule has 2 aromatic heterocycles. The Morgan fingerprint density at radius 1 is 1.31 bits per heavy atom. The summed E-state index contributed by atoms with van der Waals surface area (Å²) in [5, 5.41) is 6.86. The summed E-state index contributed by atoms with van der Waals surface area (Å²) in [7, 11) is 0. The van der Waals surface area contributed by atoms with E-state index in [1.165, 1.54) is 6.26 Å². The maximum atomic E-state index is 12.2. The lowest BCUT2D eigenvalue weighted by molar-refractivity contribution is 0.0996. The number of carbonyl (C=O) groups is 1. The average Bonchev–Trinajstić information content (AvgIpc) is 3.26. The number of amides is 1. The van der Waals surface area contributed by atoms with Crippen LogP contribution in [0.25, 0.3) is 11.5 Å². The molecule has 0 unspecified atom stereocenters. The van der Waals surface area contributed by atoms with Crippen molar-refractivity contribution in [2.24, 2.45) is 5.73 Å². The van der Waals surface area contributed by atoms with Crippen molar-refractivity contribution in [2.75, 3.05) is 5.32 Å². The summed E-state index contributed by atoms with van der Waals surface area (Å²) in [6, 6.07) is 8.84. The van der Waals surface area contributed by atoms with Crippen LogP contribution in [-0.4, -0.2) is 16.0 Å². The first kappa shape index (κ1) is 18.2. The highest BCUT2D eigenvalue weighted by molar-refractivity contribution is 6.02. The quantitative estimate of drug-likeness (QED) is 0.721. The zero-order chi connectivity index (χ0) is 17.4. The van der Waals surface area contributed by atoms with E-state index in [0.29, 0.717) is 17.4 Å². The molecule has 1 aromatic carbocycles. The largest absolute Gasteiger partial charge is 0.459 e. The van der Waals surface area contributed by atoms with Crippen molar-refractivity contribution in [3.63, 3.8) is 0 Å². The van der Waals surface area contributed by atoms with Crippen LogP contribution in [0.3, 0.4) is 0 Å². The molecular weight excluding hydrogens is 356 g/mol. The van der Waals surface area contributed by atoms with Crippen LogP contribution >= 0.6 is 12.4 Å². The molecule has 0 spiro atoms. The number of hydrogen-bond acceptors (Lipinski definition) is 6. The molecule has 1 saturated carbocycles. The number of carbonyl (C=O) groups excluding carboxylic acids is 1. The topological polar surface area (TPSA) is 107 Å². The second-order valence-electron chi connectivity index (χ2n) is 6.39. The number of aryl methyl sites for hydroxylation is 1. The van der Waals surface area contributed by atoms with Gasteiger partial charge >= 0.3 is 0 Å². The van der Waals surface area contributed by atoms with Gasteiger partial charge in [-0.3, -0.25) is 4.79 Å². The summed E-state index contributed by atoms with van der Waals surface area (Å²) < 4.78 is 10.5. The summed E-state index contributed by atoms with van der Waals surface area (Å²) in [6.45, 7) is 1.91. The lowest BCUT2D eigenvalue weighted by Gasteiger charge is -2.34. The first-order valence-corrected chi connectivity index (χ1v) is 8.14. The van der Waals surface area contributed by atoms with Gasteiger partial charge in [0.1, 0.15) is 0 Å². The van der Waals surface area contributed by atoms with Gasteiger partial charge in [-0.25, -0.2) is 0 Å². The molecule has 1 fully saturated rings. The molecule has 2 heterocycles. The van der Waals surface area contributed by atoms with E-state index in [-0.39, 0.29) is 24.1 Å². The summed E-state index contributed by atoms with van der Waals surface area (Å²) in [6.07, 6.45) is 4.27. The molecule has 26 heavy (non-hydrogen) atoms. The van der Waals surface area contributed by atoms with Crippen LogP contribution < -0.4 is 11.1 Å². The predicted molar refractivity (Wildman–Crippen MR) is 98.1 cm³/mol. The Morgan fingerprint density at radius 2 is 2.12 bits per heavy atom. The maximum absolute atomic E-state index is 12.2. The van der Waals surface area contributed by atoms with Crippen molar-refractivity contribution in [1.82, 2.24) is 10.1 Å². The third-order valence-electron chi connectivity index (χ3n) is 4.59. The highest BCUT2D eigenvalue weighted by Crippen LogP contribution is 2.37. The lowest BCUT2D eigenvalue weighted by atomic mass is 9.77. The van der Waals surface area contributed by atoms with Gasteiger partial charge in [0.05, 0.1) is 11.8 Å². The minimum absolute atomic E-state index is 0. The van der Waals surface area contributed by atoms with E-state index in [2.05, 4.69) is 15.5 Å². The number of rotatable bonds is 4. The van der Waals surface area contributed by atoms with Gasteiger partial charge in [-0.1, -0.05) is 11.2 Å². The zero-order valence-corrected chi connectivity index (χ0v) is 15.0. The molecule has 1 aliphatic rings. The lowest BCUT2D eigenvalue weighted by Crippen LogP contribution is -2.44. The van der Waals surface area contributed by atoms with E-state index in [9.17, 15) is 4.79 Å². The normalized spacial score (nSPS) is 15.0. The Kier molecular flexibility index (Phi) is 4.84. The highest BCUT2D eigenvalue weighted by atomic mass is 35.5. The van der Waals surface area contributed by atoms with Crippen LogP contribution in [0.1, 0.15) is 41.2 Å². The number of hydrogen-bond donors (Lipinski definition) is 2. The number of halogens is 1. The van der Waals surface area contributed by atoms with Gasteiger partial charge in [-0.15, -0.1) is 12.4 Å². The number of furan rings is 1. The first-order chi connectivity index (χ1) is 12.0. The minimum atomic E-state index is -0.469. The highest BCUT2D eigenvalue weighted by Gasteiger charge is 2.39. The fraction of sp³-hybridized carbons (Fsp3) is 0.278. The fourth-order valence-electron chi connectivity index (χ4n) is 2.81. The molecule has 4 rings (SSSR count). The van der Waals surface area contributed by atoms with Gasteiger partial charge in [0.15, 0.2) is 11.6 Å². The molecular formula is C18H19ClN4O3. The first-order valence-electron chi connectivity index (χ1n) is 8.14. The van der Waals surface area contributed by atoms with Crippen LogP contribution in [0.15, 0.2) is 45.5 Å². The number of nitrogens with two attached hydrogens (primary N) is 1. The average molecular weight is 375 g/mol. The van der Waals surface area contributed by atoms with Crippen LogP contribution in [0, 0.1) is 6.92 Å². The standard InChI is InChI=1S/C18H18N4O3.ClH/c1-11-5-6-12(10-13(11)20-15(23)14-4-2-9-24-14)16-21-17(22-25-16)18(19)7-3-8-18;/h2,4-6,9-10H,3,7-8,19H2,1H3,(H,20,23);1H. The number of benzene rings is 1. The van der Waals surface area contributed by atoms with Crippen molar-refractivity contribution in [3.05, 3.63) is 53.7 Å². The van der Waals surface area contributed by atoms with Crippen molar-refractivity contribution in [1.29, 1.82) is 0 Å². The monoisotopic (exact) mass is 374 g/mol. The van der Waals surface area contributed by atoms with Crippen LogP contribution in [0.2, 0.25) is 0 Å². The Morgan fingerprint density at radius 3 is 2.77 bits per heavy atom. The van der Waals surface area contributed by atoms with E-state index < -0.39 is 5.54 Å².